The van der Waals surface area contributed by atoms with E-state index in [0.29, 0.717) is 6.42 Å². The number of hydrogen-bond donors (Lipinski definition) is 0. The quantitative estimate of drug-likeness (QED) is 0.663. The van der Waals surface area contributed by atoms with Crippen molar-refractivity contribution in [3.8, 4) is 28.3 Å². The summed E-state index contributed by atoms with van der Waals surface area (Å²) in [5.74, 6) is 0.936. The maximum atomic E-state index is 12.4. The number of carbonyl (C=O) groups is 1. The third-order valence-electron chi connectivity index (χ3n) is 5.00. The van der Waals surface area contributed by atoms with Crippen LogP contribution in [0, 0.1) is 5.41 Å². The molecule has 0 unspecified atom stereocenters. The molecule has 27 heavy (non-hydrogen) atoms. The number of aromatic nitrogens is 2. The Kier molecular flexibility index (Phi) is 4.27. The van der Waals surface area contributed by atoms with E-state index in [-0.39, 0.29) is 11.2 Å². The summed E-state index contributed by atoms with van der Waals surface area (Å²) in [6.45, 7) is 4.24. The van der Waals surface area contributed by atoms with E-state index in [0.717, 1.165) is 45.9 Å². The minimum atomic E-state index is -0.0454. The largest absolute Gasteiger partial charge is 0.496 e. The van der Waals surface area contributed by atoms with Crippen LogP contribution in [0.3, 0.4) is 0 Å². The van der Waals surface area contributed by atoms with E-state index in [4.69, 9.17) is 9.72 Å². The third kappa shape index (κ3) is 3.35. The molecule has 0 spiro atoms. The molecule has 0 amide bonds. The molecule has 0 radical (unpaired) electrons. The first-order valence-corrected chi connectivity index (χ1v) is 9.10. The summed E-state index contributed by atoms with van der Waals surface area (Å²) in [7, 11) is 1.66. The summed E-state index contributed by atoms with van der Waals surface area (Å²) in [6, 6.07) is 15.7. The molecule has 0 saturated carbocycles. The zero-order valence-corrected chi connectivity index (χ0v) is 15.8. The van der Waals surface area contributed by atoms with Crippen LogP contribution in [0.5, 0.6) is 5.75 Å². The van der Waals surface area contributed by atoms with E-state index in [1.807, 2.05) is 48.5 Å². The maximum absolute atomic E-state index is 12.4. The fraction of sp³-hybridized carbons (Fsp3) is 0.261. The van der Waals surface area contributed by atoms with Gasteiger partial charge in [-0.1, -0.05) is 26.0 Å². The number of methoxy groups -OCH3 is 1. The molecule has 0 N–H and O–H groups in total. The maximum Gasteiger partial charge on any atom is 0.165 e. The third-order valence-corrected chi connectivity index (χ3v) is 5.00. The average Bonchev–Trinajstić information content (AvgIpc) is 2.66. The van der Waals surface area contributed by atoms with Gasteiger partial charge in [0.2, 0.25) is 0 Å². The standard InChI is InChI=1S/C23H22N2O2/c1-23(2)13-20-16(21(26)14-23)9-10-18(25-20)15-7-8-17(22(12-15)27-3)19-6-4-5-11-24-19/h4-12H,13-14H2,1-3H3. The number of ether oxygens (including phenoxy) is 1. The van der Waals surface area contributed by atoms with Crippen LogP contribution >= 0.6 is 0 Å². The van der Waals surface area contributed by atoms with Crippen LogP contribution in [0.25, 0.3) is 22.5 Å². The van der Waals surface area contributed by atoms with Gasteiger partial charge in [-0.2, -0.15) is 0 Å². The van der Waals surface area contributed by atoms with Crippen molar-refractivity contribution in [3.05, 3.63) is 66.0 Å². The van der Waals surface area contributed by atoms with Crippen molar-refractivity contribution in [2.45, 2.75) is 26.7 Å². The van der Waals surface area contributed by atoms with Crippen molar-refractivity contribution in [3.63, 3.8) is 0 Å². The Morgan fingerprint density at radius 3 is 2.52 bits per heavy atom. The van der Waals surface area contributed by atoms with Gasteiger partial charge in [0.05, 0.1) is 24.2 Å². The number of fused-ring (bicyclic) bond motifs is 1. The van der Waals surface area contributed by atoms with Crippen molar-refractivity contribution in [2.75, 3.05) is 7.11 Å². The van der Waals surface area contributed by atoms with E-state index in [1.54, 1.807) is 13.3 Å². The summed E-state index contributed by atoms with van der Waals surface area (Å²) >= 11 is 0. The fourth-order valence-corrected chi connectivity index (χ4v) is 3.68. The number of nitrogens with zero attached hydrogens (tertiary/aromatic N) is 2. The van der Waals surface area contributed by atoms with Gasteiger partial charge in [-0.15, -0.1) is 0 Å². The van der Waals surface area contributed by atoms with E-state index in [9.17, 15) is 4.79 Å². The smallest absolute Gasteiger partial charge is 0.165 e. The lowest BCUT2D eigenvalue weighted by molar-refractivity contribution is 0.0910. The van der Waals surface area contributed by atoms with Crippen LogP contribution in [0.15, 0.2) is 54.7 Å². The van der Waals surface area contributed by atoms with Gasteiger partial charge in [-0.05, 0) is 48.2 Å². The van der Waals surface area contributed by atoms with Gasteiger partial charge in [0.1, 0.15) is 5.75 Å². The summed E-state index contributed by atoms with van der Waals surface area (Å²) < 4.78 is 5.60. The minimum Gasteiger partial charge on any atom is -0.496 e. The fourth-order valence-electron chi connectivity index (χ4n) is 3.68. The average molecular weight is 358 g/mol. The lowest BCUT2D eigenvalue weighted by Gasteiger charge is -2.29. The molecule has 1 aliphatic carbocycles. The Morgan fingerprint density at radius 1 is 0.963 bits per heavy atom. The summed E-state index contributed by atoms with van der Waals surface area (Å²) in [5, 5.41) is 0. The second kappa shape index (κ2) is 6.62. The SMILES string of the molecule is COc1cc(-c2ccc3c(n2)CC(C)(C)CC3=O)ccc1-c1ccccn1. The topological polar surface area (TPSA) is 52.1 Å². The van der Waals surface area contributed by atoms with Crippen LogP contribution in [0.4, 0.5) is 0 Å². The summed E-state index contributed by atoms with van der Waals surface area (Å²) in [5.41, 5.74) is 5.23. The predicted octanol–water partition coefficient (Wildman–Crippen LogP) is 4.97. The summed E-state index contributed by atoms with van der Waals surface area (Å²) in [4.78, 5) is 21.6. The number of benzene rings is 1. The Labute approximate surface area is 159 Å². The molecule has 0 aliphatic heterocycles. The van der Waals surface area contributed by atoms with Gasteiger partial charge in [0, 0.05) is 29.3 Å². The number of ketones is 1. The molecule has 2 aromatic heterocycles. The van der Waals surface area contributed by atoms with E-state index >= 15 is 0 Å². The van der Waals surface area contributed by atoms with Crippen molar-refractivity contribution < 1.29 is 9.53 Å². The van der Waals surface area contributed by atoms with Crippen LogP contribution in [0.2, 0.25) is 0 Å². The Balaban J connectivity index is 1.75. The van der Waals surface area contributed by atoms with Crippen molar-refractivity contribution >= 4 is 5.78 Å². The van der Waals surface area contributed by atoms with Crippen LogP contribution < -0.4 is 4.74 Å². The number of hydrogen-bond acceptors (Lipinski definition) is 4. The highest BCUT2D eigenvalue weighted by Crippen LogP contribution is 2.36. The Morgan fingerprint density at radius 2 is 1.78 bits per heavy atom. The normalized spacial score (nSPS) is 15.3. The van der Waals surface area contributed by atoms with Gasteiger partial charge in [0.25, 0.3) is 0 Å². The van der Waals surface area contributed by atoms with E-state index in [2.05, 4.69) is 18.8 Å². The Bertz CT molecular complexity index is 1010. The highest BCUT2D eigenvalue weighted by Gasteiger charge is 2.32. The molecule has 4 rings (SSSR count). The summed E-state index contributed by atoms with van der Waals surface area (Å²) in [6.07, 6.45) is 3.16. The molecule has 0 atom stereocenters. The van der Waals surface area contributed by atoms with Gasteiger partial charge in [-0.3, -0.25) is 14.8 Å². The van der Waals surface area contributed by atoms with Crippen LogP contribution in [-0.4, -0.2) is 22.9 Å². The van der Waals surface area contributed by atoms with Crippen molar-refractivity contribution in [2.24, 2.45) is 5.41 Å². The molecule has 4 nitrogen and oxygen atoms in total. The van der Waals surface area contributed by atoms with Gasteiger partial charge in [0.15, 0.2) is 5.78 Å². The molecule has 136 valence electrons. The molecular formula is C23H22N2O2. The van der Waals surface area contributed by atoms with Gasteiger partial charge < -0.3 is 4.74 Å². The highest BCUT2D eigenvalue weighted by molar-refractivity contribution is 5.98. The first-order valence-electron chi connectivity index (χ1n) is 9.10. The van der Waals surface area contributed by atoms with Crippen LogP contribution in [0.1, 0.15) is 36.3 Å². The van der Waals surface area contributed by atoms with Crippen molar-refractivity contribution in [1.82, 2.24) is 9.97 Å². The molecule has 0 saturated heterocycles. The van der Waals surface area contributed by atoms with E-state index in [1.165, 1.54) is 0 Å². The first kappa shape index (κ1) is 17.4. The number of rotatable bonds is 3. The predicted molar refractivity (Wildman–Crippen MR) is 106 cm³/mol. The van der Waals surface area contributed by atoms with E-state index < -0.39 is 0 Å². The number of carbonyl (C=O) groups excluding carboxylic acids is 1. The monoisotopic (exact) mass is 358 g/mol. The molecule has 0 bridgehead atoms. The molecule has 0 fully saturated rings. The second-order valence-corrected chi connectivity index (χ2v) is 7.76. The molecule has 4 heteroatoms. The Hall–Kier alpha value is -3.01. The minimum absolute atomic E-state index is 0.0454. The van der Waals surface area contributed by atoms with Crippen molar-refractivity contribution in [1.29, 1.82) is 0 Å². The number of Topliss-reactive ketones (excluding diaryl/α,β-unsaturated/α-hetero) is 1. The zero-order valence-electron chi connectivity index (χ0n) is 15.8. The molecular weight excluding hydrogens is 336 g/mol. The molecule has 1 aromatic carbocycles. The number of pyridine rings is 2. The molecule has 2 heterocycles. The highest BCUT2D eigenvalue weighted by atomic mass is 16.5. The zero-order chi connectivity index (χ0) is 19.0. The van der Waals surface area contributed by atoms with Gasteiger partial charge in [-0.25, -0.2) is 0 Å². The van der Waals surface area contributed by atoms with Crippen LogP contribution in [-0.2, 0) is 6.42 Å². The molecule has 3 aromatic rings. The van der Waals surface area contributed by atoms with Gasteiger partial charge >= 0.3 is 0 Å². The lowest BCUT2D eigenvalue weighted by Crippen LogP contribution is -2.27. The second-order valence-electron chi connectivity index (χ2n) is 7.76. The lowest BCUT2D eigenvalue weighted by atomic mass is 9.75. The first-order chi connectivity index (χ1) is 13.0. The molecule has 1 aliphatic rings.